The first kappa shape index (κ1) is 17.2. The molecule has 2 aromatic rings. The molecule has 1 unspecified atom stereocenters. The molecule has 1 aliphatic heterocycles. The van der Waals surface area contributed by atoms with Crippen molar-refractivity contribution in [2.45, 2.75) is 12.8 Å². The fourth-order valence-electron chi connectivity index (χ4n) is 3.18. The van der Waals surface area contributed by atoms with Crippen LogP contribution in [0.4, 0.5) is 5.82 Å². The molecule has 5 nitrogen and oxygen atoms in total. The van der Waals surface area contributed by atoms with Crippen molar-refractivity contribution >= 4 is 5.82 Å². The van der Waals surface area contributed by atoms with Crippen molar-refractivity contribution in [3.63, 3.8) is 0 Å². The van der Waals surface area contributed by atoms with Gasteiger partial charge in [0.15, 0.2) is 0 Å². The Kier molecular flexibility index (Phi) is 5.86. The molecular weight excluding hydrogens is 312 g/mol. The van der Waals surface area contributed by atoms with Crippen molar-refractivity contribution in [1.29, 1.82) is 5.26 Å². The van der Waals surface area contributed by atoms with Crippen LogP contribution in [0.3, 0.4) is 0 Å². The standard InChI is InChI=1S/C20H24N4O/c1-25-19-5-2-16(3-6-19)8-10-24-11-9-18(15-24)14-23-20-7-4-17(12-21)13-22-20/h2-7,13,18H,8-11,14-15H2,1H3,(H,22,23). The Morgan fingerprint density at radius 2 is 2.12 bits per heavy atom. The summed E-state index contributed by atoms with van der Waals surface area (Å²) in [5.74, 6) is 2.40. The van der Waals surface area contributed by atoms with Crippen LogP contribution in [0.25, 0.3) is 0 Å². The van der Waals surface area contributed by atoms with Crippen molar-refractivity contribution in [3.05, 3.63) is 53.7 Å². The number of nitrogens with zero attached hydrogens (tertiary/aromatic N) is 3. The molecule has 1 aromatic heterocycles. The zero-order valence-electron chi connectivity index (χ0n) is 14.6. The van der Waals surface area contributed by atoms with E-state index in [9.17, 15) is 0 Å². The molecule has 0 aliphatic carbocycles. The molecule has 0 amide bonds. The van der Waals surface area contributed by atoms with Crippen molar-refractivity contribution in [3.8, 4) is 11.8 Å². The SMILES string of the molecule is COc1ccc(CCN2CCC(CNc3ccc(C#N)cn3)C2)cc1. The Bertz CT molecular complexity index is 706. The number of methoxy groups -OCH3 is 1. The van der Waals surface area contributed by atoms with Gasteiger partial charge in [-0.3, -0.25) is 0 Å². The number of nitrogens with one attached hydrogen (secondary N) is 1. The van der Waals surface area contributed by atoms with Crippen molar-refractivity contribution < 1.29 is 4.74 Å². The van der Waals surface area contributed by atoms with E-state index in [0.717, 1.165) is 44.2 Å². The van der Waals surface area contributed by atoms with Gasteiger partial charge in [-0.05, 0) is 55.1 Å². The third-order valence-corrected chi connectivity index (χ3v) is 4.71. The number of ether oxygens (including phenoxy) is 1. The zero-order valence-corrected chi connectivity index (χ0v) is 14.6. The fourth-order valence-corrected chi connectivity index (χ4v) is 3.18. The first-order valence-electron chi connectivity index (χ1n) is 8.72. The first-order chi connectivity index (χ1) is 12.3. The third-order valence-electron chi connectivity index (χ3n) is 4.71. The van der Waals surface area contributed by atoms with Gasteiger partial charge in [-0.15, -0.1) is 0 Å². The minimum absolute atomic E-state index is 0.594. The smallest absolute Gasteiger partial charge is 0.125 e. The van der Waals surface area contributed by atoms with Crippen LogP contribution in [-0.2, 0) is 6.42 Å². The lowest BCUT2D eigenvalue weighted by Crippen LogP contribution is -2.25. The summed E-state index contributed by atoms with van der Waals surface area (Å²) in [6.07, 6.45) is 3.89. The molecule has 3 rings (SSSR count). The number of anilines is 1. The van der Waals surface area contributed by atoms with Crippen LogP contribution in [0.1, 0.15) is 17.5 Å². The molecule has 0 saturated carbocycles. The van der Waals surface area contributed by atoms with E-state index in [1.807, 2.05) is 18.2 Å². The summed E-state index contributed by atoms with van der Waals surface area (Å²) in [6.45, 7) is 4.30. The predicted octanol–water partition coefficient (Wildman–Crippen LogP) is 2.94. The van der Waals surface area contributed by atoms with Crippen LogP contribution in [-0.4, -0.2) is 43.2 Å². The zero-order chi connectivity index (χ0) is 17.5. The van der Waals surface area contributed by atoms with E-state index in [1.165, 1.54) is 12.0 Å². The Hall–Kier alpha value is -2.58. The molecule has 5 heteroatoms. The molecule has 130 valence electrons. The average Bonchev–Trinajstić information content (AvgIpc) is 3.13. The second-order valence-electron chi connectivity index (χ2n) is 6.48. The van der Waals surface area contributed by atoms with Crippen molar-refractivity contribution in [1.82, 2.24) is 9.88 Å². The number of hydrogen-bond donors (Lipinski definition) is 1. The van der Waals surface area contributed by atoms with E-state index in [1.54, 1.807) is 19.4 Å². The van der Waals surface area contributed by atoms with Gasteiger partial charge in [0.05, 0.1) is 12.7 Å². The highest BCUT2D eigenvalue weighted by Crippen LogP contribution is 2.18. The number of nitriles is 1. The monoisotopic (exact) mass is 336 g/mol. The molecule has 0 spiro atoms. The summed E-state index contributed by atoms with van der Waals surface area (Å²) in [5.41, 5.74) is 1.94. The van der Waals surface area contributed by atoms with Crippen LogP contribution in [0.2, 0.25) is 0 Å². The Labute approximate surface area is 149 Å². The molecule has 0 radical (unpaired) electrons. The van der Waals surface area contributed by atoms with Crippen molar-refractivity contribution in [2.24, 2.45) is 5.92 Å². The van der Waals surface area contributed by atoms with Gasteiger partial charge < -0.3 is 15.0 Å². The highest BCUT2D eigenvalue weighted by molar-refractivity contribution is 5.38. The molecule has 1 saturated heterocycles. The Balaban J connectivity index is 1.39. The van der Waals surface area contributed by atoms with Gasteiger partial charge in [0.25, 0.3) is 0 Å². The van der Waals surface area contributed by atoms with Crippen LogP contribution >= 0.6 is 0 Å². The second-order valence-corrected chi connectivity index (χ2v) is 6.48. The maximum atomic E-state index is 8.80. The highest BCUT2D eigenvalue weighted by atomic mass is 16.5. The molecule has 1 fully saturated rings. The van der Waals surface area contributed by atoms with Gasteiger partial charge in [0.2, 0.25) is 0 Å². The lowest BCUT2D eigenvalue weighted by Gasteiger charge is -2.16. The van der Waals surface area contributed by atoms with Crippen LogP contribution in [0.5, 0.6) is 5.75 Å². The van der Waals surface area contributed by atoms with E-state index in [0.29, 0.717) is 11.5 Å². The average molecular weight is 336 g/mol. The van der Waals surface area contributed by atoms with E-state index in [2.05, 4.69) is 33.4 Å². The predicted molar refractivity (Wildman–Crippen MR) is 98.7 cm³/mol. The maximum Gasteiger partial charge on any atom is 0.125 e. The highest BCUT2D eigenvalue weighted by Gasteiger charge is 2.21. The molecule has 2 heterocycles. The molecule has 1 aliphatic rings. The fraction of sp³-hybridized carbons (Fsp3) is 0.400. The van der Waals surface area contributed by atoms with Crippen molar-refractivity contribution in [2.75, 3.05) is 38.6 Å². The maximum absolute atomic E-state index is 8.80. The number of benzene rings is 1. The first-order valence-corrected chi connectivity index (χ1v) is 8.72. The van der Waals surface area contributed by atoms with Crippen LogP contribution in [0.15, 0.2) is 42.6 Å². The number of pyridine rings is 1. The minimum Gasteiger partial charge on any atom is -0.497 e. The third kappa shape index (κ3) is 4.94. The van der Waals surface area contributed by atoms with Gasteiger partial charge in [-0.2, -0.15) is 5.26 Å². The van der Waals surface area contributed by atoms with E-state index < -0.39 is 0 Å². The summed E-state index contributed by atoms with van der Waals surface area (Å²) in [6, 6.07) is 14.1. The van der Waals surface area contributed by atoms with Crippen LogP contribution < -0.4 is 10.1 Å². The quantitative estimate of drug-likeness (QED) is 0.842. The van der Waals surface area contributed by atoms with E-state index in [4.69, 9.17) is 10.00 Å². The minimum atomic E-state index is 0.594. The largest absolute Gasteiger partial charge is 0.497 e. The number of rotatable bonds is 7. The molecule has 1 atom stereocenters. The molecular formula is C20H24N4O. The van der Waals surface area contributed by atoms with Gasteiger partial charge in [-0.25, -0.2) is 4.98 Å². The van der Waals surface area contributed by atoms with Gasteiger partial charge in [0, 0.05) is 25.8 Å². The number of aromatic nitrogens is 1. The van der Waals surface area contributed by atoms with Gasteiger partial charge in [0.1, 0.15) is 17.6 Å². The summed E-state index contributed by atoms with van der Waals surface area (Å²) in [5, 5.41) is 12.2. The molecule has 1 N–H and O–H groups in total. The second kappa shape index (κ2) is 8.50. The van der Waals surface area contributed by atoms with Gasteiger partial charge in [-0.1, -0.05) is 12.1 Å². The van der Waals surface area contributed by atoms with Crippen LogP contribution in [0, 0.1) is 17.2 Å². The van der Waals surface area contributed by atoms with Gasteiger partial charge >= 0.3 is 0 Å². The lowest BCUT2D eigenvalue weighted by molar-refractivity contribution is 0.330. The number of likely N-dealkylation sites (tertiary alicyclic amines) is 1. The Morgan fingerprint density at radius 3 is 2.80 bits per heavy atom. The summed E-state index contributed by atoms with van der Waals surface area (Å²) in [4.78, 5) is 6.79. The van der Waals surface area contributed by atoms with E-state index in [-0.39, 0.29) is 0 Å². The topological polar surface area (TPSA) is 61.2 Å². The summed E-state index contributed by atoms with van der Waals surface area (Å²) >= 11 is 0. The summed E-state index contributed by atoms with van der Waals surface area (Å²) in [7, 11) is 1.70. The summed E-state index contributed by atoms with van der Waals surface area (Å²) < 4.78 is 5.20. The molecule has 1 aromatic carbocycles. The molecule has 0 bridgehead atoms. The number of hydrogen-bond acceptors (Lipinski definition) is 5. The lowest BCUT2D eigenvalue weighted by atomic mass is 10.1. The normalized spacial score (nSPS) is 17.2. The van der Waals surface area contributed by atoms with E-state index >= 15 is 0 Å². The Morgan fingerprint density at radius 1 is 1.28 bits per heavy atom. The molecule has 25 heavy (non-hydrogen) atoms.